The minimum atomic E-state index is -0.456. The summed E-state index contributed by atoms with van der Waals surface area (Å²) in [5.41, 5.74) is 1.50. The van der Waals surface area contributed by atoms with Crippen LogP contribution in [0.25, 0.3) is 5.69 Å². The molecular weight excluding hydrogens is 432 g/mol. The third-order valence-electron chi connectivity index (χ3n) is 3.13. The number of rotatable bonds is 3. The first-order valence-electron chi connectivity index (χ1n) is 6.60. The Kier molecular flexibility index (Phi) is 4.63. The van der Waals surface area contributed by atoms with Gasteiger partial charge in [0.2, 0.25) is 0 Å². The molecule has 0 radical (unpaired) electrons. The van der Waals surface area contributed by atoms with Crippen LogP contribution in [0.3, 0.4) is 0 Å². The highest BCUT2D eigenvalue weighted by Gasteiger charge is 2.12. The second kappa shape index (κ2) is 6.67. The number of hydrogen-bond acceptors (Lipinski definition) is 2. The van der Waals surface area contributed by atoms with E-state index in [0.717, 1.165) is 0 Å². The summed E-state index contributed by atoms with van der Waals surface area (Å²) in [4.78, 5) is 12.3. The molecule has 3 rings (SSSR count). The van der Waals surface area contributed by atoms with E-state index in [-0.39, 0.29) is 5.56 Å². The summed E-state index contributed by atoms with van der Waals surface area (Å²) in [6.45, 7) is 0. The van der Waals surface area contributed by atoms with Crippen molar-refractivity contribution in [1.82, 2.24) is 9.78 Å². The van der Waals surface area contributed by atoms with Crippen LogP contribution in [0.4, 0.5) is 10.1 Å². The number of hydrogen-bond donors (Lipinski definition) is 1. The standard InChI is InChI=1S/C16H10ClFIN3O/c17-13-9-11(3-5-15(13)22-7-1-6-20-22)21-16(23)12-8-10(18)2-4-14(12)19/h1-9H,(H,21,23). The van der Waals surface area contributed by atoms with Gasteiger partial charge in [0.25, 0.3) is 5.91 Å². The second-order valence-electron chi connectivity index (χ2n) is 4.70. The Labute approximate surface area is 150 Å². The lowest BCUT2D eigenvalue weighted by atomic mass is 10.2. The highest BCUT2D eigenvalue weighted by molar-refractivity contribution is 14.1. The predicted octanol–water partition coefficient (Wildman–Crippen LogP) is 4.52. The van der Waals surface area contributed by atoms with Gasteiger partial charge in [0.15, 0.2) is 0 Å². The molecule has 1 aromatic heterocycles. The van der Waals surface area contributed by atoms with E-state index in [1.54, 1.807) is 47.4 Å². The minimum Gasteiger partial charge on any atom is -0.322 e. The Morgan fingerprint density at radius 2 is 2.09 bits per heavy atom. The van der Waals surface area contributed by atoms with Crippen LogP contribution in [0.1, 0.15) is 10.4 Å². The average Bonchev–Trinajstić information content (AvgIpc) is 3.04. The lowest BCUT2D eigenvalue weighted by molar-refractivity contribution is 0.102. The van der Waals surface area contributed by atoms with E-state index in [9.17, 15) is 9.18 Å². The normalized spacial score (nSPS) is 10.6. The molecule has 0 fully saturated rings. The monoisotopic (exact) mass is 441 g/mol. The molecule has 2 aromatic carbocycles. The van der Waals surface area contributed by atoms with E-state index < -0.39 is 11.7 Å². The van der Waals surface area contributed by atoms with Gasteiger partial charge in [-0.2, -0.15) is 5.10 Å². The summed E-state index contributed by atoms with van der Waals surface area (Å²) in [5, 5.41) is 7.27. The number of halogens is 3. The Hall–Kier alpha value is -1.93. The van der Waals surface area contributed by atoms with Gasteiger partial charge in [0.05, 0.1) is 16.3 Å². The summed E-state index contributed by atoms with van der Waals surface area (Å²) in [7, 11) is 0. The van der Waals surface area contributed by atoms with Gasteiger partial charge in [0.1, 0.15) is 5.82 Å². The van der Waals surface area contributed by atoms with Crippen LogP contribution in [0.15, 0.2) is 54.9 Å². The highest BCUT2D eigenvalue weighted by Crippen LogP contribution is 2.24. The Morgan fingerprint density at radius 3 is 2.78 bits per heavy atom. The lowest BCUT2D eigenvalue weighted by Crippen LogP contribution is -2.14. The van der Waals surface area contributed by atoms with Crippen LogP contribution < -0.4 is 5.32 Å². The third-order valence-corrected chi connectivity index (χ3v) is 4.37. The number of carbonyl (C=O) groups excluding carboxylic acids is 1. The fourth-order valence-electron chi connectivity index (χ4n) is 2.05. The molecule has 1 amide bonds. The predicted molar refractivity (Wildman–Crippen MR) is 95.6 cm³/mol. The molecule has 1 heterocycles. The molecule has 0 aliphatic carbocycles. The summed E-state index contributed by atoms with van der Waals surface area (Å²) in [6.07, 6.45) is 3.42. The summed E-state index contributed by atoms with van der Waals surface area (Å²) in [5.74, 6) is -0.848. The topological polar surface area (TPSA) is 46.9 Å². The summed E-state index contributed by atoms with van der Waals surface area (Å²) in [6, 6.07) is 11.0. The van der Waals surface area contributed by atoms with Crippen molar-refractivity contribution >= 4 is 45.8 Å². The molecule has 4 nitrogen and oxygen atoms in total. The molecule has 0 bridgehead atoms. The molecule has 23 heavy (non-hydrogen) atoms. The van der Waals surface area contributed by atoms with E-state index in [0.29, 0.717) is 20.0 Å². The Balaban J connectivity index is 1.84. The van der Waals surface area contributed by atoms with Crippen LogP contribution >= 0.6 is 34.2 Å². The van der Waals surface area contributed by atoms with E-state index in [1.165, 1.54) is 12.1 Å². The smallest absolute Gasteiger partial charge is 0.256 e. The molecule has 1 N–H and O–H groups in total. The van der Waals surface area contributed by atoms with Gasteiger partial charge < -0.3 is 5.32 Å². The van der Waals surface area contributed by atoms with Crippen LogP contribution in [-0.4, -0.2) is 15.7 Å². The molecule has 0 aliphatic heterocycles. The molecule has 0 unspecified atom stereocenters. The van der Waals surface area contributed by atoms with E-state index >= 15 is 0 Å². The average molecular weight is 442 g/mol. The van der Waals surface area contributed by atoms with Crippen molar-refractivity contribution in [2.45, 2.75) is 0 Å². The van der Waals surface area contributed by atoms with Crippen molar-refractivity contribution in [3.05, 3.63) is 74.8 Å². The molecule has 116 valence electrons. The van der Waals surface area contributed by atoms with E-state index in [2.05, 4.69) is 10.4 Å². The molecule has 0 atom stereocenters. The van der Waals surface area contributed by atoms with Crippen molar-refractivity contribution in [1.29, 1.82) is 0 Å². The Morgan fingerprint density at radius 1 is 1.26 bits per heavy atom. The summed E-state index contributed by atoms with van der Waals surface area (Å²) < 4.78 is 15.6. The second-order valence-corrected chi connectivity index (χ2v) is 6.26. The molecule has 3 aromatic rings. The van der Waals surface area contributed by atoms with Gasteiger partial charge in [-0.05, 0) is 65.1 Å². The largest absolute Gasteiger partial charge is 0.322 e. The van der Waals surface area contributed by atoms with Crippen LogP contribution in [0, 0.1) is 9.39 Å². The lowest BCUT2D eigenvalue weighted by Gasteiger charge is -2.10. The van der Waals surface area contributed by atoms with Gasteiger partial charge >= 0.3 is 0 Å². The quantitative estimate of drug-likeness (QED) is 0.608. The number of amides is 1. The molecule has 7 heteroatoms. The van der Waals surface area contributed by atoms with Crippen molar-refractivity contribution in [2.75, 3.05) is 5.32 Å². The SMILES string of the molecule is O=C(Nc1ccc(-n2cccn2)c(Cl)c1)c1cc(F)ccc1I. The van der Waals surface area contributed by atoms with E-state index in [4.69, 9.17) is 11.6 Å². The number of anilines is 1. The fourth-order valence-corrected chi connectivity index (χ4v) is 2.90. The molecule has 0 saturated carbocycles. The minimum absolute atomic E-state index is 0.276. The zero-order chi connectivity index (χ0) is 16.4. The first kappa shape index (κ1) is 15.9. The van der Waals surface area contributed by atoms with Gasteiger partial charge in [-0.15, -0.1) is 0 Å². The molecule has 0 spiro atoms. The van der Waals surface area contributed by atoms with Crippen molar-refractivity contribution in [3.8, 4) is 5.69 Å². The van der Waals surface area contributed by atoms with Crippen molar-refractivity contribution in [2.24, 2.45) is 0 Å². The number of aromatic nitrogens is 2. The van der Waals surface area contributed by atoms with Gasteiger partial charge in [-0.25, -0.2) is 9.07 Å². The number of nitrogens with zero attached hydrogens (tertiary/aromatic N) is 2. The first-order valence-corrected chi connectivity index (χ1v) is 8.06. The maximum atomic E-state index is 13.3. The van der Waals surface area contributed by atoms with Gasteiger partial charge in [-0.3, -0.25) is 4.79 Å². The van der Waals surface area contributed by atoms with Crippen LogP contribution in [0.5, 0.6) is 0 Å². The first-order chi connectivity index (χ1) is 11.0. The highest BCUT2D eigenvalue weighted by atomic mass is 127. The molecule has 0 saturated heterocycles. The van der Waals surface area contributed by atoms with Crippen LogP contribution in [-0.2, 0) is 0 Å². The number of carbonyl (C=O) groups is 1. The zero-order valence-corrected chi connectivity index (χ0v) is 14.5. The number of benzene rings is 2. The fraction of sp³-hybridized carbons (Fsp3) is 0. The zero-order valence-electron chi connectivity index (χ0n) is 11.6. The Bertz CT molecular complexity index is 868. The van der Waals surface area contributed by atoms with E-state index in [1.807, 2.05) is 22.6 Å². The maximum absolute atomic E-state index is 13.3. The molecular formula is C16H10ClFIN3O. The third kappa shape index (κ3) is 3.53. The summed E-state index contributed by atoms with van der Waals surface area (Å²) >= 11 is 8.22. The van der Waals surface area contributed by atoms with Gasteiger partial charge in [0, 0.05) is 21.7 Å². The molecule has 0 aliphatic rings. The van der Waals surface area contributed by atoms with Crippen molar-refractivity contribution < 1.29 is 9.18 Å². The van der Waals surface area contributed by atoms with Crippen molar-refractivity contribution in [3.63, 3.8) is 0 Å². The maximum Gasteiger partial charge on any atom is 0.256 e. The van der Waals surface area contributed by atoms with Gasteiger partial charge in [-0.1, -0.05) is 11.6 Å². The van der Waals surface area contributed by atoms with Crippen LogP contribution in [0.2, 0.25) is 5.02 Å². The number of nitrogens with one attached hydrogen (secondary N) is 1.